The molecule has 0 saturated heterocycles. The molecule has 1 aliphatic rings. The third kappa shape index (κ3) is 0.876. The molecule has 0 aliphatic carbocycles. The van der Waals surface area contributed by atoms with Crippen molar-refractivity contribution in [3.8, 4) is 5.75 Å². The Balaban J connectivity index is 2.60. The Morgan fingerprint density at radius 2 is 2.17 bits per heavy atom. The molecule has 0 saturated carbocycles. The average molecular weight is 163 g/mol. The van der Waals surface area contributed by atoms with Crippen LogP contribution >= 0.6 is 0 Å². The van der Waals surface area contributed by atoms with Crippen molar-refractivity contribution in [2.75, 3.05) is 18.5 Å². The number of phenols is 1. The molecule has 0 unspecified atom stereocenters. The number of aryl methyl sites for hydroxylation is 1. The van der Waals surface area contributed by atoms with Crippen molar-refractivity contribution in [3.63, 3.8) is 0 Å². The number of hydrogen-bond donors (Lipinski definition) is 1. The summed E-state index contributed by atoms with van der Waals surface area (Å²) in [4.78, 5) is 2.18. The summed E-state index contributed by atoms with van der Waals surface area (Å²) in [6.45, 7) is 2.96. The van der Waals surface area contributed by atoms with Crippen LogP contribution in [0.5, 0.6) is 5.75 Å². The first-order valence-corrected chi connectivity index (χ1v) is 4.22. The van der Waals surface area contributed by atoms with Gasteiger partial charge in [-0.3, -0.25) is 0 Å². The molecule has 1 aromatic rings. The van der Waals surface area contributed by atoms with E-state index in [9.17, 15) is 5.11 Å². The Hall–Kier alpha value is -1.18. The fraction of sp³-hybridized carbons (Fsp3) is 0.400. The molecule has 0 aromatic heterocycles. The van der Waals surface area contributed by atoms with Crippen LogP contribution in [0.3, 0.4) is 0 Å². The van der Waals surface area contributed by atoms with Gasteiger partial charge in [0.1, 0.15) is 5.75 Å². The molecule has 0 bridgehead atoms. The number of nitrogens with zero attached hydrogens (tertiary/aromatic N) is 1. The van der Waals surface area contributed by atoms with Crippen LogP contribution in [-0.2, 0) is 6.42 Å². The lowest BCUT2D eigenvalue weighted by Crippen LogP contribution is -2.12. The second kappa shape index (κ2) is 2.41. The Bertz CT molecular complexity index is 320. The van der Waals surface area contributed by atoms with E-state index in [1.807, 2.05) is 13.0 Å². The molecule has 1 aliphatic heterocycles. The molecule has 12 heavy (non-hydrogen) atoms. The number of benzene rings is 1. The standard InChI is InChI=1S/C10H13NO/c1-7-3-4-9-8(10(7)12)5-6-11(9)2/h3-4,12H,5-6H2,1-2H3. The quantitative estimate of drug-likeness (QED) is 0.629. The second-order valence-electron chi connectivity index (χ2n) is 3.40. The molecule has 64 valence electrons. The third-order valence-corrected chi connectivity index (χ3v) is 2.57. The lowest BCUT2D eigenvalue weighted by Gasteiger charge is -2.12. The van der Waals surface area contributed by atoms with Crippen LogP contribution in [-0.4, -0.2) is 18.7 Å². The van der Waals surface area contributed by atoms with Crippen LogP contribution in [0.4, 0.5) is 5.69 Å². The number of rotatable bonds is 0. The molecule has 1 aromatic carbocycles. The highest BCUT2D eigenvalue weighted by molar-refractivity contribution is 5.64. The van der Waals surface area contributed by atoms with Gasteiger partial charge < -0.3 is 10.0 Å². The highest BCUT2D eigenvalue weighted by Gasteiger charge is 2.19. The summed E-state index contributed by atoms with van der Waals surface area (Å²) >= 11 is 0. The van der Waals surface area contributed by atoms with Gasteiger partial charge in [0.2, 0.25) is 0 Å². The van der Waals surface area contributed by atoms with Crippen molar-refractivity contribution < 1.29 is 5.11 Å². The Morgan fingerprint density at radius 3 is 2.92 bits per heavy atom. The minimum atomic E-state index is 0.483. The maximum Gasteiger partial charge on any atom is 0.123 e. The van der Waals surface area contributed by atoms with Gasteiger partial charge in [0.25, 0.3) is 0 Å². The number of fused-ring (bicyclic) bond motifs is 1. The smallest absolute Gasteiger partial charge is 0.123 e. The minimum absolute atomic E-state index is 0.483. The molecule has 1 N–H and O–H groups in total. The monoisotopic (exact) mass is 163 g/mol. The van der Waals surface area contributed by atoms with Crippen LogP contribution in [0, 0.1) is 6.92 Å². The molecular formula is C10H13NO. The van der Waals surface area contributed by atoms with Gasteiger partial charge in [0.05, 0.1) is 0 Å². The first-order chi connectivity index (χ1) is 5.70. The summed E-state index contributed by atoms with van der Waals surface area (Å²) in [7, 11) is 2.06. The van der Waals surface area contributed by atoms with E-state index in [1.165, 1.54) is 5.69 Å². The first kappa shape index (κ1) is 7.47. The van der Waals surface area contributed by atoms with Crippen molar-refractivity contribution in [2.45, 2.75) is 13.3 Å². The number of aromatic hydroxyl groups is 1. The predicted octanol–water partition coefficient (Wildman–Crippen LogP) is 1.69. The summed E-state index contributed by atoms with van der Waals surface area (Å²) in [5.74, 6) is 0.483. The molecule has 2 rings (SSSR count). The largest absolute Gasteiger partial charge is 0.507 e. The van der Waals surface area contributed by atoms with Gasteiger partial charge in [0.15, 0.2) is 0 Å². The van der Waals surface area contributed by atoms with Crippen molar-refractivity contribution in [1.82, 2.24) is 0 Å². The molecule has 1 heterocycles. The van der Waals surface area contributed by atoms with Gasteiger partial charge >= 0.3 is 0 Å². The van der Waals surface area contributed by atoms with E-state index in [-0.39, 0.29) is 0 Å². The van der Waals surface area contributed by atoms with E-state index < -0.39 is 0 Å². The van der Waals surface area contributed by atoms with Crippen LogP contribution in [0.1, 0.15) is 11.1 Å². The zero-order valence-corrected chi connectivity index (χ0v) is 7.46. The molecule has 0 atom stereocenters. The summed E-state index contributed by atoms with van der Waals surface area (Å²) < 4.78 is 0. The molecule has 0 radical (unpaired) electrons. The summed E-state index contributed by atoms with van der Waals surface area (Å²) in [6.07, 6.45) is 0.972. The van der Waals surface area contributed by atoms with E-state index >= 15 is 0 Å². The third-order valence-electron chi connectivity index (χ3n) is 2.57. The van der Waals surface area contributed by atoms with E-state index in [0.29, 0.717) is 5.75 Å². The number of phenolic OH excluding ortho intramolecular Hbond substituents is 1. The van der Waals surface area contributed by atoms with Crippen molar-refractivity contribution in [1.29, 1.82) is 0 Å². The lowest BCUT2D eigenvalue weighted by atomic mass is 10.1. The molecule has 0 fully saturated rings. The van der Waals surface area contributed by atoms with Gasteiger partial charge in [0, 0.05) is 24.8 Å². The van der Waals surface area contributed by atoms with Gasteiger partial charge in [-0.25, -0.2) is 0 Å². The van der Waals surface area contributed by atoms with Crippen molar-refractivity contribution in [3.05, 3.63) is 23.3 Å². The van der Waals surface area contributed by atoms with Gasteiger partial charge in [-0.15, -0.1) is 0 Å². The zero-order chi connectivity index (χ0) is 8.72. The van der Waals surface area contributed by atoms with Gasteiger partial charge in [-0.1, -0.05) is 6.07 Å². The maximum atomic E-state index is 9.71. The van der Waals surface area contributed by atoms with Crippen molar-refractivity contribution in [2.24, 2.45) is 0 Å². The summed E-state index contributed by atoms with van der Waals surface area (Å²) in [5, 5.41) is 9.71. The Morgan fingerprint density at radius 1 is 1.42 bits per heavy atom. The average Bonchev–Trinajstić information content (AvgIpc) is 2.41. The van der Waals surface area contributed by atoms with E-state index in [1.54, 1.807) is 0 Å². The predicted molar refractivity (Wildman–Crippen MR) is 49.8 cm³/mol. The molecule has 2 heteroatoms. The second-order valence-corrected chi connectivity index (χ2v) is 3.40. The summed E-state index contributed by atoms with van der Waals surface area (Å²) in [5.41, 5.74) is 3.26. The van der Waals surface area contributed by atoms with E-state index in [2.05, 4.69) is 18.0 Å². The summed E-state index contributed by atoms with van der Waals surface area (Å²) in [6, 6.07) is 4.05. The highest BCUT2D eigenvalue weighted by Crippen LogP contribution is 2.35. The minimum Gasteiger partial charge on any atom is -0.507 e. The van der Waals surface area contributed by atoms with Crippen molar-refractivity contribution >= 4 is 5.69 Å². The van der Waals surface area contributed by atoms with Crippen LogP contribution in [0.2, 0.25) is 0 Å². The maximum absolute atomic E-state index is 9.71. The van der Waals surface area contributed by atoms with Gasteiger partial charge in [-0.05, 0) is 25.0 Å². The number of anilines is 1. The topological polar surface area (TPSA) is 23.5 Å². The Kier molecular flexibility index (Phi) is 1.50. The first-order valence-electron chi connectivity index (χ1n) is 4.22. The fourth-order valence-electron chi connectivity index (χ4n) is 1.75. The molecule has 0 spiro atoms. The molecular weight excluding hydrogens is 150 g/mol. The Labute approximate surface area is 72.4 Å². The SMILES string of the molecule is Cc1ccc2c(c1O)CCN2C. The van der Waals surface area contributed by atoms with E-state index in [4.69, 9.17) is 0 Å². The number of hydrogen-bond acceptors (Lipinski definition) is 2. The normalized spacial score (nSPS) is 15.0. The van der Waals surface area contributed by atoms with Crippen LogP contribution < -0.4 is 4.90 Å². The fourth-order valence-corrected chi connectivity index (χ4v) is 1.75. The van der Waals surface area contributed by atoms with Crippen LogP contribution in [0.25, 0.3) is 0 Å². The van der Waals surface area contributed by atoms with E-state index in [0.717, 1.165) is 24.1 Å². The highest BCUT2D eigenvalue weighted by atomic mass is 16.3. The molecule has 2 nitrogen and oxygen atoms in total. The van der Waals surface area contributed by atoms with Crippen LogP contribution in [0.15, 0.2) is 12.1 Å². The zero-order valence-electron chi connectivity index (χ0n) is 7.46. The lowest BCUT2D eigenvalue weighted by molar-refractivity contribution is 0.466. The van der Waals surface area contributed by atoms with Gasteiger partial charge in [-0.2, -0.15) is 0 Å². The number of likely N-dealkylation sites (N-methyl/N-ethyl adjacent to an activating group) is 1. The molecule has 0 amide bonds.